The summed E-state index contributed by atoms with van der Waals surface area (Å²) in [6, 6.07) is 16.1. The molecule has 5 atom stereocenters. The van der Waals surface area contributed by atoms with E-state index in [0.717, 1.165) is 16.5 Å². The molecule has 1 saturated carbocycles. The predicted molar refractivity (Wildman–Crippen MR) is 116 cm³/mol. The third-order valence-corrected chi connectivity index (χ3v) is 7.04. The van der Waals surface area contributed by atoms with Gasteiger partial charge >= 0.3 is 0 Å². The molecule has 1 saturated heterocycles. The summed E-state index contributed by atoms with van der Waals surface area (Å²) in [4.78, 5) is 40.9. The largest absolute Gasteiger partial charge is 0.326 e. The van der Waals surface area contributed by atoms with Crippen molar-refractivity contribution in [3.63, 3.8) is 0 Å². The average molecular weight is 465 g/mol. The first-order valence-electron chi connectivity index (χ1n) is 10.2. The minimum Gasteiger partial charge on any atom is -0.326 e. The van der Waals surface area contributed by atoms with Crippen molar-refractivity contribution < 1.29 is 14.4 Å². The summed E-state index contributed by atoms with van der Waals surface area (Å²) in [5, 5.41) is 2.88. The molecule has 0 aromatic heterocycles. The number of nitrogens with one attached hydrogen (secondary N) is 1. The lowest BCUT2D eigenvalue weighted by Crippen LogP contribution is -2.38. The highest BCUT2D eigenvalue weighted by Gasteiger charge is 2.60. The monoisotopic (exact) mass is 464 g/mol. The average Bonchev–Trinajstić information content (AvgIpc) is 3.43. The van der Waals surface area contributed by atoms with Gasteiger partial charge in [0.05, 0.1) is 24.3 Å². The van der Waals surface area contributed by atoms with Crippen LogP contribution in [0.25, 0.3) is 0 Å². The first kappa shape index (κ1) is 19.2. The standard InChI is InChI=1S/C24H21BrN2O3/c25-17-8-10-18(11-9-17)26-20(28)13-19(14-4-2-1-3-5-14)27-23(29)21-15-6-7-16(12-15)22(21)24(27)30/h1-11,15-16,19,21-22H,12-13H2,(H,26,28). The molecular weight excluding hydrogens is 444 g/mol. The number of rotatable bonds is 5. The fourth-order valence-electron chi connectivity index (χ4n) is 5.19. The maximum atomic E-state index is 13.3. The summed E-state index contributed by atoms with van der Waals surface area (Å²) in [5.74, 6) is -0.741. The number of benzene rings is 2. The highest BCUT2D eigenvalue weighted by atomic mass is 79.9. The van der Waals surface area contributed by atoms with Gasteiger partial charge in [0.2, 0.25) is 17.7 Å². The number of hydrogen-bond donors (Lipinski definition) is 1. The molecule has 0 radical (unpaired) electrons. The number of carbonyl (C=O) groups excluding carboxylic acids is 3. The normalized spacial score (nSPS) is 27.4. The molecule has 2 bridgehead atoms. The van der Waals surface area contributed by atoms with Crippen molar-refractivity contribution in [2.75, 3.05) is 5.32 Å². The van der Waals surface area contributed by atoms with Crippen molar-refractivity contribution in [1.82, 2.24) is 4.90 Å². The van der Waals surface area contributed by atoms with E-state index in [-0.39, 0.29) is 47.8 Å². The Kier molecular flexibility index (Phi) is 4.82. The zero-order valence-electron chi connectivity index (χ0n) is 16.2. The lowest BCUT2D eigenvalue weighted by atomic mass is 9.85. The van der Waals surface area contributed by atoms with Crippen LogP contribution in [-0.4, -0.2) is 22.6 Å². The predicted octanol–water partition coefficient (Wildman–Crippen LogP) is 4.33. The molecule has 1 heterocycles. The molecule has 3 aliphatic rings. The van der Waals surface area contributed by atoms with Crippen LogP contribution in [0.1, 0.15) is 24.4 Å². The Hall–Kier alpha value is -2.73. The lowest BCUT2D eigenvalue weighted by Gasteiger charge is -2.28. The molecule has 2 fully saturated rings. The van der Waals surface area contributed by atoms with Gasteiger partial charge in [-0.25, -0.2) is 0 Å². The second kappa shape index (κ2) is 7.51. The van der Waals surface area contributed by atoms with Gasteiger partial charge in [0.1, 0.15) is 0 Å². The minimum atomic E-state index is -0.605. The van der Waals surface area contributed by atoms with Crippen molar-refractivity contribution in [1.29, 1.82) is 0 Å². The van der Waals surface area contributed by atoms with Gasteiger partial charge in [-0.05, 0) is 48.1 Å². The fraction of sp³-hybridized carbons (Fsp3) is 0.292. The number of fused-ring (bicyclic) bond motifs is 5. The van der Waals surface area contributed by atoms with Crippen LogP contribution in [-0.2, 0) is 14.4 Å². The van der Waals surface area contributed by atoms with Crippen LogP contribution in [0.2, 0.25) is 0 Å². The third-order valence-electron chi connectivity index (χ3n) is 6.51. The summed E-state index contributed by atoms with van der Waals surface area (Å²) >= 11 is 3.38. The van der Waals surface area contributed by atoms with Gasteiger partial charge in [-0.15, -0.1) is 0 Å². The highest BCUT2D eigenvalue weighted by Crippen LogP contribution is 2.54. The van der Waals surface area contributed by atoms with Gasteiger partial charge < -0.3 is 5.32 Å². The van der Waals surface area contributed by atoms with Crippen molar-refractivity contribution in [2.45, 2.75) is 18.9 Å². The molecule has 0 spiro atoms. The summed E-state index contributed by atoms with van der Waals surface area (Å²) in [5.41, 5.74) is 1.47. The topological polar surface area (TPSA) is 66.5 Å². The van der Waals surface area contributed by atoms with Gasteiger partial charge in [-0.1, -0.05) is 58.4 Å². The van der Waals surface area contributed by atoms with Crippen LogP contribution in [0.4, 0.5) is 5.69 Å². The number of anilines is 1. The summed E-state index contributed by atoms with van der Waals surface area (Å²) < 4.78 is 0.922. The van der Waals surface area contributed by atoms with E-state index in [2.05, 4.69) is 33.4 Å². The van der Waals surface area contributed by atoms with Crippen molar-refractivity contribution in [3.05, 3.63) is 76.8 Å². The molecule has 5 nitrogen and oxygen atoms in total. The van der Waals surface area contributed by atoms with Gasteiger partial charge in [-0.2, -0.15) is 0 Å². The Morgan fingerprint density at radius 3 is 2.17 bits per heavy atom. The maximum Gasteiger partial charge on any atom is 0.234 e. The molecule has 6 heteroatoms. The van der Waals surface area contributed by atoms with Crippen LogP contribution in [0.5, 0.6) is 0 Å². The van der Waals surface area contributed by atoms with Crippen molar-refractivity contribution >= 4 is 39.3 Å². The van der Waals surface area contributed by atoms with Crippen molar-refractivity contribution in [3.8, 4) is 0 Å². The van der Waals surface area contributed by atoms with Crippen LogP contribution >= 0.6 is 15.9 Å². The molecule has 30 heavy (non-hydrogen) atoms. The molecule has 1 aliphatic heterocycles. The Balaban J connectivity index is 1.42. The van der Waals surface area contributed by atoms with E-state index in [4.69, 9.17) is 0 Å². The van der Waals surface area contributed by atoms with Crippen LogP contribution < -0.4 is 5.32 Å². The molecule has 1 N–H and O–H groups in total. The van der Waals surface area contributed by atoms with E-state index in [1.54, 1.807) is 12.1 Å². The Morgan fingerprint density at radius 2 is 1.57 bits per heavy atom. The van der Waals surface area contributed by atoms with Crippen LogP contribution in [0.3, 0.4) is 0 Å². The fourth-order valence-corrected chi connectivity index (χ4v) is 5.45. The van der Waals surface area contributed by atoms with Gasteiger partial charge in [0.15, 0.2) is 0 Å². The number of carbonyl (C=O) groups is 3. The van der Waals surface area contributed by atoms with Gasteiger partial charge in [0.25, 0.3) is 0 Å². The summed E-state index contributed by atoms with van der Waals surface area (Å²) in [6.45, 7) is 0. The van der Waals surface area contributed by atoms with E-state index in [9.17, 15) is 14.4 Å². The smallest absolute Gasteiger partial charge is 0.234 e. The quantitative estimate of drug-likeness (QED) is 0.528. The minimum absolute atomic E-state index is 0.0275. The van der Waals surface area contributed by atoms with E-state index in [0.29, 0.717) is 5.69 Å². The number of halogens is 1. The first-order valence-corrected chi connectivity index (χ1v) is 11.0. The molecule has 2 aliphatic carbocycles. The maximum absolute atomic E-state index is 13.3. The van der Waals surface area contributed by atoms with E-state index < -0.39 is 6.04 Å². The summed E-state index contributed by atoms with van der Waals surface area (Å²) in [7, 11) is 0. The van der Waals surface area contributed by atoms with E-state index in [1.165, 1.54) is 4.90 Å². The van der Waals surface area contributed by atoms with Gasteiger partial charge in [0, 0.05) is 10.2 Å². The van der Waals surface area contributed by atoms with Crippen LogP contribution in [0.15, 0.2) is 71.2 Å². The lowest BCUT2D eigenvalue weighted by molar-refractivity contribution is -0.144. The molecule has 2 aromatic carbocycles. The molecule has 152 valence electrons. The first-order chi connectivity index (χ1) is 14.5. The zero-order valence-corrected chi connectivity index (χ0v) is 17.8. The molecular formula is C24H21BrN2O3. The number of likely N-dealkylation sites (tertiary alicyclic amines) is 1. The van der Waals surface area contributed by atoms with E-state index in [1.807, 2.05) is 42.5 Å². The number of imide groups is 1. The zero-order chi connectivity index (χ0) is 20.8. The van der Waals surface area contributed by atoms with E-state index >= 15 is 0 Å². The highest BCUT2D eigenvalue weighted by molar-refractivity contribution is 9.10. The van der Waals surface area contributed by atoms with Crippen molar-refractivity contribution in [2.24, 2.45) is 23.7 Å². The molecule has 5 unspecified atom stereocenters. The number of nitrogens with zero attached hydrogens (tertiary/aromatic N) is 1. The number of hydrogen-bond acceptors (Lipinski definition) is 3. The van der Waals surface area contributed by atoms with Crippen LogP contribution in [0, 0.1) is 23.7 Å². The Bertz CT molecular complexity index is 1000. The van der Waals surface area contributed by atoms with Gasteiger partial charge in [-0.3, -0.25) is 19.3 Å². The molecule has 5 rings (SSSR count). The Morgan fingerprint density at radius 1 is 0.967 bits per heavy atom. The summed E-state index contributed by atoms with van der Waals surface area (Å²) in [6.07, 6.45) is 5.08. The Labute approximate surface area is 183 Å². The number of amides is 3. The second-order valence-electron chi connectivity index (χ2n) is 8.23. The molecule has 3 amide bonds. The third kappa shape index (κ3) is 3.19. The SMILES string of the molecule is O=C(CC(c1ccccc1)N1C(=O)C2C3C=CC(C3)C2C1=O)Nc1ccc(Br)cc1. The number of allylic oxidation sites excluding steroid dienone is 2. The second-order valence-corrected chi connectivity index (χ2v) is 9.15. The molecule has 2 aromatic rings.